The number of aryl methyl sites for hydroxylation is 3. The van der Waals surface area contributed by atoms with Gasteiger partial charge in [0.15, 0.2) is 5.13 Å². The molecule has 0 aliphatic heterocycles. The fourth-order valence-electron chi connectivity index (χ4n) is 2.20. The molecule has 0 spiro atoms. The third-order valence-electron chi connectivity index (χ3n) is 3.23. The molecule has 1 amide bonds. The van der Waals surface area contributed by atoms with Gasteiger partial charge in [-0.3, -0.25) is 10.1 Å². The molecule has 2 N–H and O–H groups in total. The van der Waals surface area contributed by atoms with Crippen molar-refractivity contribution < 1.29 is 4.79 Å². The lowest BCUT2D eigenvalue weighted by Gasteiger charge is -2.07. The van der Waals surface area contributed by atoms with Crippen molar-refractivity contribution in [2.24, 2.45) is 0 Å². The summed E-state index contributed by atoms with van der Waals surface area (Å²) in [5, 5.41) is 6.53. The number of hydrogen-bond donors (Lipinski definition) is 2. The summed E-state index contributed by atoms with van der Waals surface area (Å²) < 4.78 is 0. The molecular formula is C17H17N5OS. The van der Waals surface area contributed by atoms with Gasteiger partial charge >= 0.3 is 0 Å². The summed E-state index contributed by atoms with van der Waals surface area (Å²) in [6.07, 6.45) is 1.73. The van der Waals surface area contributed by atoms with Crippen LogP contribution in [0, 0.1) is 20.8 Å². The van der Waals surface area contributed by atoms with E-state index in [1.54, 1.807) is 18.3 Å². The van der Waals surface area contributed by atoms with Crippen LogP contribution in [0.5, 0.6) is 0 Å². The zero-order valence-electron chi connectivity index (χ0n) is 13.6. The number of hydrogen-bond acceptors (Lipinski definition) is 6. The highest BCUT2D eigenvalue weighted by molar-refractivity contribution is 7.15. The van der Waals surface area contributed by atoms with E-state index in [1.807, 2.05) is 39.0 Å². The van der Waals surface area contributed by atoms with Gasteiger partial charge in [0.1, 0.15) is 0 Å². The molecule has 1 aromatic carbocycles. The number of aromatic nitrogens is 3. The molecule has 0 saturated carbocycles. The quantitative estimate of drug-likeness (QED) is 0.754. The maximum Gasteiger partial charge on any atom is 0.257 e. The van der Waals surface area contributed by atoms with Gasteiger partial charge in [0.2, 0.25) is 5.95 Å². The van der Waals surface area contributed by atoms with Crippen LogP contribution in [0.4, 0.5) is 16.8 Å². The first kappa shape index (κ1) is 16.1. The molecule has 0 aliphatic carbocycles. The van der Waals surface area contributed by atoms with E-state index in [-0.39, 0.29) is 5.91 Å². The average molecular weight is 339 g/mol. The van der Waals surface area contributed by atoms with Gasteiger partial charge < -0.3 is 5.32 Å². The van der Waals surface area contributed by atoms with Crippen molar-refractivity contribution >= 4 is 34.0 Å². The summed E-state index contributed by atoms with van der Waals surface area (Å²) in [6, 6.07) is 9.06. The summed E-state index contributed by atoms with van der Waals surface area (Å²) in [5.74, 6) is 0.363. The van der Waals surface area contributed by atoms with E-state index in [4.69, 9.17) is 0 Å². The predicted molar refractivity (Wildman–Crippen MR) is 96.0 cm³/mol. The monoisotopic (exact) mass is 339 g/mol. The SMILES string of the molecule is Cc1cc(C)nc(Nc2ccc(C(=O)Nc3ncc(C)s3)cc2)n1. The topological polar surface area (TPSA) is 79.8 Å². The Morgan fingerprint density at radius 1 is 1.04 bits per heavy atom. The maximum atomic E-state index is 12.2. The van der Waals surface area contributed by atoms with E-state index < -0.39 is 0 Å². The Hall–Kier alpha value is -2.80. The number of carbonyl (C=O) groups excluding carboxylic acids is 1. The molecule has 3 rings (SSSR count). The number of thiazole rings is 1. The molecule has 0 saturated heterocycles. The minimum Gasteiger partial charge on any atom is -0.324 e. The molecule has 0 radical (unpaired) electrons. The lowest BCUT2D eigenvalue weighted by Crippen LogP contribution is -2.11. The van der Waals surface area contributed by atoms with Crippen LogP contribution in [-0.2, 0) is 0 Å². The Kier molecular flexibility index (Phi) is 4.52. The van der Waals surface area contributed by atoms with Crippen LogP contribution >= 0.6 is 11.3 Å². The van der Waals surface area contributed by atoms with Gasteiger partial charge in [-0.15, -0.1) is 11.3 Å². The molecule has 0 unspecified atom stereocenters. The van der Waals surface area contributed by atoms with Crippen LogP contribution in [0.1, 0.15) is 26.6 Å². The fraction of sp³-hybridized carbons (Fsp3) is 0.176. The second kappa shape index (κ2) is 6.76. The van der Waals surface area contributed by atoms with Gasteiger partial charge in [-0.25, -0.2) is 15.0 Å². The Morgan fingerprint density at radius 2 is 1.71 bits per heavy atom. The van der Waals surface area contributed by atoms with Crippen molar-refractivity contribution in [1.29, 1.82) is 0 Å². The number of benzene rings is 1. The molecule has 2 heterocycles. The van der Waals surface area contributed by atoms with Crippen molar-refractivity contribution in [2.45, 2.75) is 20.8 Å². The molecule has 0 aliphatic rings. The molecule has 3 aromatic rings. The molecule has 122 valence electrons. The fourth-order valence-corrected chi connectivity index (χ4v) is 2.86. The lowest BCUT2D eigenvalue weighted by molar-refractivity contribution is 0.102. The van der Waals surface area contributed by atoms with E-state index in [2.05, 4.69) is 25.6 Å². The zero-order chi connectivity index (χ0) is 17.1. The molecule has 24 heavy (non-hydrogen) atoms. The number of nitrogens with one attached hydrogen (secondary N) is 2. The van der Waals surface area contributed by atoms with E-state index in [1.165, 1.54) is 11.3 Å². The van der Waals surface area contributed by atoms with Gasteiger partial charge in [-0.1, -0.05) is 0 Å². The molecule has 7 heteroatoms. The first-order valence-corrected chi connectivity index (χ1v) is 8.24. The van der Waals surface area contributed by atoms with Gasteiger partial charge in [-0.05, 0) is 51.1 Å². The van der Waals surface area contributed by atoms with Gasteiger partial charge in [0.25, 0.3) is 5.91 Å². The number of amides is 1. The number of anilines is 3. The highest BCUT2D eigenvalue weighted by Gasteiger charge is 2.08. The van der Waals surface area contributed by atoms with Crippen LogP contribution in [0.25, 0.3) is 0 Å². The number of carbonyl (C=O) groups is 1. The minimum atomic E-state index is -0.182. The molecule has 0 fully saturated rings. The van der Waals surface area contributed by atoms with E-state index >= 15 is 0 Å². The number of nitrogens with zero attached hydrogens (tertiary/aromatic N) is 3. The van der Waals surface area contributed by atoms with Crippen molar-refractivity contribution in [1.82, 2.24) is 15.0 Å². The van der Waals surface area contributed by atoms with E-state index in [9.17, 15) is 4.79 Å². The van der Waals surface area contributed by atoms with Crippen LogP contribution in [-0.4, -0.2) is 20.9 Å². The first-order valence-electron chi connectivity index (χ1n) is 7.43. The van der Waals surface area contributed by atoms with Crippen molar-refractivity contribution in [2.75, 3.05) is 10.6 Å². The number of rotatable bonds is 4. The summed E-state index contributed by atoms with van der Waals surface area (Å²) >= 11 is 1.45. The smallest absolute Gasteiger partial charge is 0.257 e. The van der Waals surface area contributed by atoms with Crippen molar-refractivity contribution in [3.8, 4) is 0 Å². The predicted octanol–water partition coefficient (Wildman–Crippen LogP) is 3.85. The highest BCUT2D eigenvalue weighted by Crippen LogP contribution is 2.19. The maximum absolute atomic E-state index is 12.2. The van der Waals surface area contributed by atoms with Crippen LogP contribution in [0.15, 0.2) is 36.5 Å². The minimum absolute atomic E-state index is 0.182. The van der Waals surface area contributed by atoms with Crippen LogP contribution in [0.3, 0.4) is 0 Å². The Labute approximate surface area is 144 Å². The Balaban J connectivity index is 1.69. The second-order valence-corrected chi connectivity index (χ2v) is 6.64. The molecule has 0 atom stereocenters. The third kappa shape index (κ3) is 3.94. The lowest BCUT2D eigenvalue weighted by atomic mass is 10.2. The summed E-state index contributed by atoms with van der Waals surface area (Å²) in [6.45, 7) is 5.80. The molecule has 2 aromatic heterocycles. The highest BCUT2D eigenvalue weighted by atomic mass is 32.1. The standard InChI is InChI=1S/C17H17N5OS/c1-10-8-11(2)20-16(19-10)21-14-6-4-13(5-7-14)15(23)22-17-18-9-12(3)24-17/h4-9H,1-3H3,(H,18,22,23)(H,19,20,21). The normalized spacial score (nSPS) is 10.5. The van der Waals surface area contributed by atoms with E-state index in [0.29, 0.717) is 16.6 Å². The van der Waals surface area contributed by atoms with Gasteiger partial charge in [0.05, 0.1) is 0 Å². The summed E-state index contributed by atoms with van der Waals surface area (Å²) in [7, 11) is 0. The molecular weight excluding hydrogens is 322 g/mol. The zero-order valence-corrected chi connectivity index (χ0v) is 14.4. The average Bonchev–Trinajstić information content (AvgIpc) is 2.92. The largest absolute Gasteiger partial charge is 0.324 e. The van der Waals surface area contributed by atoms with E-state index in [0.717, 1.165) is 22.0 Å². The van der Waals surface area contributed by atoms with Crippen molar-refractivity contribution in [3.63, 3.8) is 0 Å². The van der Waals surface area contributed by atoms with Crippen LogP contribution in [0.2, 0.25) is 0 Å². The van der Waals surface area contributed by atoms with Gasteiger partial charge in [-0.2, -0.15) is 0 Å². The second-order valence-electron chi connectivity index (χ2n) is 5.41. The van der Waals surface area contributed by atoms with Crippen molar-refractivity contribution in [3.05, 3.63) is 58.4 Å². The Morgan fingerprint density at radius 3 is 2.29 bits per heavy atom. The summed E-state index contributed by atoms with van der Waals surface area (Å²) in [4.78, 5) is 26.0. The first-order chi connectivity index (χ1) is 11.5. The molecule has 0 bridgehead atoms. The third-order valence-corrected chi connectivity index (χ3v) is 4.06. The molecule has 6 nitrogen and oxygen atoms in total. The Bertz CT molecular complexity index is 853. The van der Waals surface area contributed by atoms with Crippen LogP contribution < -0.4 is 10.6 Å². The van der Waals surface area contributed by atoms with Gasteiger partial charge in [0, 0.05) is 33.7 Å². The summed E-state index contributed by atoms with van der Waals surface area (Å²) in [5.41, 5.74) is 3.19.